The van der Waals surface area contributed by atoms with Crippen molar-refractivity contribution >= 4 is 5.69 Å². The molecule has 0 aliphatic rings. The number of nitro groups is 1. The van der Waals surface area contributed by atoms with Crippen molar-refractivity contribution < 1.29 is 22.5 Å². The number of rotatable bonds is 3. The number of hydrogen-bond acceptors (Lipinski definition) is 3. The highest BCUT2D eigenvalue weighted by Crippen LogP contribution is 2.30. The van der Waals surface area contributed by atoms with Gasteiger partial charge in [0.05, 0.1) is 11.3 Å². The topological polar surface area (TPSA) is 69.2 Å². The number of hydrogen-bond donors (Lipinski definition) is 1. The van der Waals surface area contributed by atoms with Crippen molar-refractivity contribution in [2.75, 3.05) is 0 Å². The molecule has 0 fully saturated rings. The molecule has 1 aromatic carbocycles. The van der Waals surface area contributed by atoms with E-state index in [0.29, 0.717) is 6.07 Å². The van der Waals surface area contributed by atoms with Gasteiger partial charge in [0.15, 0.2) is 0 Å². The van der Waals surface area contributed by atoms with Crippen LogP contribution in [0.5, 0.6) is 0 Å². The first-order chi connectivity index (χ1) is 7.70. The molecule has 0 heterocycles. The molecule has 17 heavy (non-hydrogen) atoms. The quantitative estimate of drug-likeness (QED) is 0.510. The Labute approximate surface area is 93.2 Å². The third-order valence-electron chi connectivity index (χ3n) is 2.04. The van der Waals surface area contributed by atoms with Gasteiger partial charge in [0, 0.05) is 23.7 Å². The third-order valence-corrected chi connectivity index (χ3v) is 2.04. The van der Waals surface area contributed by atoms with Crippen molar-refractivity contribution in [3.05, 3.63) is 39.7 Å². The lowest BCUT2D eigenvalue weighted by Crippen LogP contribution is -2.21. The van der Waals surface area contributed by atoms with E-state index >= 15 is 0 Å². The van der Waals surface area contributed by atoms with Crippen molar-refractivity contribution in [1.29, 1.82) is 0 Å². The van der Waals surface area contributed by atoms with E-state index in [1.54, 1.807) is 0 Å². The Hall–Kier alpha value is -1.70. The van der Waals surface area contributed by atoms with Crippen LogP contribution in [-0.2, 0) is 0 Å². The first kappa shape index (κ1) is 13.4. The highest BCUT2D eigenvalue weighted by Gasteiger charge is 2.32. The lowest BCUT2D eigenvalue weighted by atomic mass is 10.0. The fourth-order valence-corrected chi connectivity index (χ4v) is 1.29. The molecule has 8 heteroatoms. The molecule has 4 nitrogen and oxygen atoms in total. The van der Waals surface area contributed by atoms with E-state index in [0.717, 1.165) is 12.1 Å². The summed E-state index contributed by atoms with van der Waals surface area (Å²) in [5, 5.41) is 10.4. The molecule has 0 aromatic heterocycles. The van der Waals surface area contributed by atoms with Crippen molar-refractivity contribution in [2.45, 2.75) is 18.6 Å². The molecule has 0 spiro atoms. The van der Waals surface area contributed by atoms with Crippen LogP contribution in [0.3, 0.4) is 0 Å². The first-order valence-electron chi connectivity index (χ1n) is 4.47. The van der Waals surface area contributed by atoms with Crippen LogP contribution in [0.4, 0.5) is 23.2 Å². The molecule has 94 valence electrons. The zero-order chi connectivity index (χ0) is 13.2. The fraction of sp³-hybridized carbons (Fsp3) is 0.333. The van der Waals surface area contributed by atoms with Gasteiger partial charge in [-0.05, 0) is 6.07 Å². The summed E-state index contributed by atoms with van der Waals surface area (Å²) in [6.07, 6.45) is -6.00. The molecular weight excluding hydrogens is 244 g/mol. The van der Waals surface area contributed by atoms with Gasteiger partial charge in [0.25, 0.3) is 5.69 Å². The van der Waals surface area contributed by atoms with E-state index in [4.69, 9.17) is 5.73 Å². The minimum Gasteiger partial charge on any atom is -0.324 e. The number of alkyl halides is 3. The average Bonchev–Trinajstić information content (AvgIpc) is 2.14. The molecule has 2 N–H and O–H groups in total. The highest BCUT2D eigenvalue weighted by atomic mass is 19.4. The van der Waals surface area contributed by atoms with Crippen molar-refractivity contribution in [1.82, 2.24) is 0 Å². The number of nitrogens with two attached hydrogens (primary N) is 1. The molecule has 1 rings (SSSR count). The molecule has 0 saturated heterocycles. The molecule has 0 saturated carbocycles. The second-order valence-corrected chi connectivity index (χ2v) is 3.39. The zero-order valence-corrected chi connectivity index (χ0v) is 8.37. The molecule has 0 unspecified atom stereocenters. The van der Waals surface area contributed by atoms with E-state index < -0.39 is 40.6 Å². The van der Waals surface area contributed by atoms with Gasteiger partial charge in [0.1, 0.15) is 5.82 Å². The Morgan fingerprint density at radius 2 is 2.00 bits per heavy atom. The summed E-state index contributed by atoms with van der Waals surface area (Å²) in [6, 6.07) is 0.643. The maximum atomic E-state index is 13.2. The van der Waals surface area contributed by atoms with E-state index in [1.807, 2.05) is 0 Å². The Bertz CT molecular complexity index is 433. The molecule has 1 aromatic rings. The van der Waals surface area contributed by atoms with Gasteiger partial charge < -0.3 is 5.73 Å². The van der Waals surface area contributed by atoms with Crippen LogP contribution in [0.2, 0.25) is 0 Å². The van der Waals surface area contributed by atoms with Crippen LogP contribution in [0.25, 0.3) is 0 Å². The van der Waals surface area contributed by atoms with Gasteiger partial charge in [-0.25, -0.2) is 4.39 Å². The summed E-state index contributed by atoms with van der Waals surface area (Å²) in [5.41, 5.74) is 4.15. The van der Waals surface area contributed by atoms with Gasteiger partial charge in [-0.3, -0.25) is 10.1 Å². The predicted molar refractivity (Wildman–Crippen MR) is 50.7 cm³/mol. The lowest BCUT2D eigenvalue weighted by Gasteiger charge is -2.14. The molecule has 0 amide bonds. The largest absolute Gasteiger partial charge is 0.390 e. The zero-order valence-electron chi connectivity index (χ0n) is 8.37. The van der Waals surface area contributed by atoms with Crippen LogP contribution in [-0.4, -0.2) is 11.1 Å². The van der Waals surface area contributed by atoms with E-state index in [9.17, 15) is 27.7 Å². The Morgan fingerprint density at radius 1 is 1.41 bits per heavy atom. The molecule has 1 atom stereocenters. The molecule has 0 radical (unpaired) electrons. The fourth-order valence-electron chi connectivity index (χ4n) is 1.29. The van der Waals surface area contributed by atoms with Gasteiger partial charge in [-0.15, -0.1) is 0 Å². The lowest BCUT2D eigenvalue weighted by molar-refractivity contribution is -0.385. The van der Waals surface area contributed by atoms with Gasteiger partial charge in [-0.2, -0.15) is 13.2 Å². The molecule has 0 aliphatic heterocycles. The Morgan fingerprint density at radius 3 is 2.47 bits per heavy atom. The summed E-state index contributed by atoms with van der Waals surface area (Å²) < 4.78 is 49.3. The summed E-state index contributed by atoms with van der Waals surface area (Å²) >= 11 is 0. The SMILES string of the molecule is N[C@@H](CC(F)(F)F)c1cc([N+](=O)[O-])ccc1F. The number of benzene rings is 1. The van der Waals surface area contributed by atoms with Crippen molar-refractivity contribution in [3.8, 4) is 0 Å². The smallest absolute Gasteiger partial charge is 0.324 e. The second kappa shape index (κ2) is 4.66. The molecule has 0 aliphatic carbocycles. The minimum atomic E-state index is -4.56. The Kier molecular flexibility index (Phi) is 3.66. The van der Waals surface area contributed by atoms with Crippen LogP contribution in [0, 0.1) is 15.9 Å². The normalized spacial score (nSPS) is 13.5. The van der Waals surface area contributed by atoms with Crippen molar-refractivity contribution in [3.63, 3.8) is 0 Å². The maximum Gasteiger partial charge on any atom is 0.390 e. The highest BCUT2D eigenvalue weighted by molar-refractivity contribution is 5.36. The van der Waals surface area contributed by atoms with E-state index in [-0.39, 0.29) is 0 Å². The van der Waals surface area contributed by atoms with E-state index in [1.165, 1.54) is 0 Å². The predicted octanol–water partition coefficient (Wildman–Crippen LogP) is 2.69. The summed E-state index contributed by atoms with van der Waals surface area (Å²) in [4.78, 5) is 9.56. The molecular formula is C9H8F4N2O2. The monoisotopic (exact) mass is 252 g/mol. The minimum absolute atomic E-state index is 0.501. The van der Waals surface area contributed by atoms with Gasteiger partial charge in [-0.1, -0.05) is 0 Å². The van der Waals surface area contributed by atoms with Crippen molar-refractivity contribution in [2.24, 2.45) is 5.73 Å². The molecule has 0 bridgehead atoms. The first-order valence-corrected chi connectivity index (χ1v) is 4.47. The second-order valence-electron chi connectivity index (χ2n) is 3.39. The summed E-state index contributed by atoms with van der Waals surface area (Å²) in [7, 11) is 0. The van der Waals surface area contributed by atoms with Crippen LogP contribution in [0.1, 0.15) is 18.0 Å². The van der Waals surface area contributed by atoms with Gasteiger partial charge in [0.2, 0.25) is 0 Å². The third kappa shape index (κ3) is 3.66. The van der Waals surface area contributed by atoms with Gasteiger partial charge >= 0.3 is 6.18 Å². The number of non-ortho nitro benzene ring substituents is 1. The number of halogens is 4. The Balaban J connectivity index is 3.04. The van der Waals surface area contributed by atoms with Crippen LogP contribution < -0.4 is 5.73 Å². The van der Waals surface area contributed by atoms with Crippen LogP contribution in [0.15, 0.2) is 18.2 Å². The maximum absolute atomic E-state index is 13.2. The van der Waals surface area contributed by atoms with Crippen LogP contribution >= 0.6 is 0 Å². The average molecular weight is 252 g/mol. The summed E-state index contributed by atoms with van der Waals surface area (Å²) in [5.74, 6) is -0.993. The summed E-state index contributed by atoms with van der Waals surface area (Å²) in [6.45, 7) is 0. The number of nitrogens with zero attached hydrogens (tertiary/aromatic N) is 1. The van der Waals surface area contributed by atoms with E-state index in [2.05, 4.69) is 0 Å². The standard InChI is InChI=1S/C9H8F4N2O2/c10-7-2-1-5(15(16)17)3-6(7)8(14)4-9(11,12)13/h1-3,8H,4,14H2/t8-/m0/s1. The number of nitro benzene ring substituents is 1.